The molecule has 108 valence electrons. The highest BCUT2D eigenvalue weighted by Crippen LogP contribution is 2.33. The van der Waals surface area contributed by atoms with Crippen LogP contribution in [0.15, 0.2) is 36.4 Å². The maximum absolute atomic E-state index is 10.9. The van der Waals surface area contributed by atoms with Gasteiger partial charge in [0.1, 0.15) is 0 Å². The molecule has 0 saturated carbocycles. The molecule has 0 aromatic heterocycles. The van der Waals surface area contributed by atoms with E-state index in [0.717, 1.165) is 11.1 Å². The van der Waals surface area contributed by atoms with Crippen molar-refractivity contribution in [1.82, 2.24) is 0 Å². The Balaban J connectivity index is 2.69. The normalized spacial score (nSPS) is 10.4. The molecule has 0 N–H and O–H groups in total. The van der Waals surface area contributed by atoms with E-state index in [4.69, 9.17) is 0 Å². The molecule has 0 aliphatic heterocycles. The molecular formula is C14H11BrN2O4. The molecule has 0 amide bonds. The molecule has 0 spiro atoms. The van der Waals surface area contributed by atoms with Gasteiger partial charge in [0.2, 0.25) is 0 Å². The SMILES string of the molecule is Cc1ccc([N+](=O)[O-])cc1-c1cc([N+](=O)[O-])ccc1CBr. The summed E-state index contributed by atoms with van der Waals surface area (Å²) >= 11 is 3.34. The summed E-state index contributed by atoms with van der Waals surface area (Å²) < 4.78 is 0. The van der Waals surface area contributed by atoms with Crippen LogP contribution in [0.5, 0.6) is 0 Å². The Morgan fingerprint density at radius 1 is 0.952 bits per heavy atom. The second-order valence-corrected chi connectivity index (χ2v) is 5.05. The molecule has 2 aromatic rings. The summed E-state index contributed by atoms with van der Waals surface area (Å²) in [4.78, 5) is 20.9. The summed E-state index contributed by atoms with van der Waals surface area (Å²) in [5.74, 6) is 0. The number of nitro benzene ring substituents is 2. The van der Waals surface area contributed by atoms with Crippen molar-refractivity contribution in [2.75, 3.05) is 0 Å². The molecule has 0 bridgehead atoms. The predicted molar refractivity (Wildman–Crippen MR) is 82.6 cm³/mol. The zero-order chi connectivity index (χ0) is 15.6. The number of nitrogens with zero attached hydrogens (tertiary/aromatic N) is 2. The van der Waals surface area contributed by atoms with Crippen molar-refractivity contribution in [1.29, 1.82) is 0 Å². The first-order chi connectivity index (χ1) is 9.93. The van der Waals surface area contributed by atoms with E-state index in [1.165, 1.54) is 24.3 Å². The number of halogens is 1. The summed E-state index contributed by atoms with van der Waals surface area (Å²) in [6.07, 6.45) is 0. The first kappa shape index (κ1) is 15.1. The molecule has 7 heteroatoms. The standard InChI is InChI=1S/C14H11BrN2O4/c1-9-2-4-11(16(18)19)6-13(9)14-7-12(17(20)21)5-3-10(14)8-15/h2-7H,8H2,1H3. The number of alkyl halides is 1. The molecule has 0 aliphatic carbocycles. The van der Waals surface area contributed by atoms with Crippen LogP contribution in [0, 0.1) is 27.2 Å². The lowest BCUT2D eigenvalue weighted by Crippen LogP contribution is -1.95. The summed E-state index contributed by atoms with van der Waals surface area (Å²) in [6, 6.07) is 9.03. The Bertz CT molecular complexity index is 731. The zero-order valence-corrected chi connectivity index (χ0v) is 12.7. The summed E-state index contributed by atoms with van der Waals surface area (Å²) in [5, 5.41) is 22.3. The van der Waals surface area contributed by atoms with E-state index in [9.17, 15) is 20.2 Å². The molecule has 0 heterocycles. The summed E-state index contributed by atoms with van der Waals surface area (Å²) in [5.41, 5.74) is 2.83. The van der Waals surface area contributed by atoms with Crippen LogP contribution in [0.1, 0.15) is 11.1 Å². The van der Waals surface area contributed by atoms with E-state index in [1.807, 2.05) is 6.92 Å². The highest BCUT2D eigenvalue weighted by atomic mass is 79.9. The van der Waals surface area contributed by atoms with E-state index in [0.29, 0.717) is 16.5 Å². The lowest BCUT2D eigenvalue weighted by molar-refractivity contribution is -0.385. The number of non-ortho nitro benzene ring substituents is 2. The molecule has 0 aliphatic rings. The number of aryl methyl sites for hydroxylation is 1. The average Bonchev–Trinajstić information content (AvgIpc) is 2.46. The number of hydrogen-bond donors (Lipinski definition) is 0. The van der Waals surface area contributed by atoms with Gasteiger partial charge < -0.3 is 0 Å². The fraction of sp³-hybridized carbons (Fsp3) is 0.143. The van der Waals surface area contributed by atoms with Crippen LogP contribution in [0.2, 0.25) is 0 Å². The van der Waals surface area contributed by atoms with E-state index < -0.39 is 9.85 Å². The van der Waals surface area contributed by atoms with Crippen LogP contribution in [0.3, 0.4) is 0 Å². The van der Waals surface area contributed by atoms with Gasteiger partial charge in [0, 0.05) is 29.6 Å². The number of nitro groups is 2. The number of benzene rings is 2. The molecule has 0 fully saturated rings. The molecule has 6 nitrogen and oxygen atoms in total. The Kier molecular flexibility index (Phi) is 4.32. The predicted octanol–water partition coefficient (Wildman–Crippen LogP) is 4.37. The maximum atomic E-state index is 10.9. The first-order valence-electron chi connectivity index (χ1n) is 6.02. The Morgan fingerprint density at radius 2 is 1.48 bits per heavy atom. The second-order valence-electron chi connectivity index (χ2n) is 4.49. The van der Waals surface area contributed by atoms with Gasteiger partial charge in [-0.05, 0) is 29.2 Å². The van der Waals surface area contributed by atoms with Crippen molar-refractivity contribution in [3.05, 3.63) is 67.8 Å². The van der Waals surface area contributed by atoms with Gasteiger partial charge in [0.15, 0.2) is 0 Å². The van der Waals surface area contributed by atoms with Gasteiger partial charge in [-0.2, -0.15) is 0 Å². The van der Waals surface area contributed by atoms with E-state index in [-0.39, 0.29) is 11.4 Å². The van der Waals surface area contributed by atoms with Crippen molar-refractivity contribution in [2.45, 2.75) is 12.3 Å². The first-order valence-corrected chi connectivity index (χ1v) is 7.15. The number of rotatable bonds is 4. The molecule has 0 atom stereocenters. The van der Waals surface area contributed by atoms with Gasteiger partial charge in [-0.25, -0.2) is 0 Å². The van der Waals surface area contributed by atoms with Gasteiger partial charge in [-0.3, -0.25) is 20.2 Å². The second kappa shape index (κ2) is 6.01. The average molecular weight is 351 g/mol. The van der Waals surface area contributed by atoms with Crippen LogP contribution >= 0.6 is 15.9 Å². The molecule has 0 saturated heterocycles. The molecular weight excluding hydrogens is 340 g/mol. The third-order valence-electron chi connectivity index (χ3n) is 3.17. The minimum Gasteiger partial charge on any atom is -0.258 e. The largest absolute Gasteiger partial charge is 0.270 e. The van der Waals surface area contributed by atoms with Crippen molar-refractivity contribution in [3.8, 4) is 11.1 Å². The van der Waals surface area contributed by atoms with Crippen LogP contribution in [-0.2, 0) is 5.33 Å². The van der Waals surface area contributed by atoms with Gasteiger partial charge in [0.25, 0.3) is 11.4 Å². The minimum atomic E-state index is -0.478. The van der Waals surface area contributed by atoms with Gasteiger partial charge in [-0.15, -0.1) is 0 Å². The Morgan fingerprint density at radius 3 is 2.00 bits per heavy atom. The lowest BCUT2D eigenvalue weighted by Gasteiger charge is -2.10. The van der Waals surface area contributed by atoms with Crippen LogP contribution in [0.25, 0.3) is 11.1 Å². The smallest absolute Gasteiger partial charge is 0.258 e. The van der Waals surface area contributed by atoms with Crippen molar-refractivity contribution in [2.24, 2.45) is 0 Å². The van der Waals surface area contributed by atoms with Crippen molar-refractivity contribution < 1.29 is 9.85 Å². The molecule has 0 radical (unpaired) electrons. The third kappa shape index (κ3) is 3.08. The van der Waals surface area contributed by atoms with Crippen molar-refractivity contribution >= 4 is 27.3 Å². The summed E-state index contributed by atoms with van der Waals surface area (Å²) in [6.45, 7) is 1.82. The quantitative estimate of drug-likeness (QED) is 0.465. The monoisotopic (exact) mass is 350 g/mol. The summed E-state index contributed by atoms with van der Waals surface area (Å²) in [7, 11) is 0. The Hall–Kier alpha value is -2.28. The van der Waals surface area contributed by atoms with Gasteiger partial charge >= 0.3 is 0 Å². The molecule has 21 heavy (non-hydrogen) atoms. The maximum Gasteiger partial charge on any atom is 0.270 e. The molecule has 2 rings (SSSR count). The van der Waals surface area contributed by atoms with E-state index in [1.54, 1.807) is 12.1 Å². The molecule has 2 aromatic carbocycles. The van der Waals surface area contributed by atoms with Crippen molar-refractivity contribution in [3.63, 3.8) is 0 Å². The lowest BCUT2D eigenvalue weighted by atomic mass is 9.95. The zero-order valence-electron chi connectivity index (χ0n) is 11.1. The fourth-order valence-corrected chi connectivity index (χ4v) is 2.55. The highest BCUT2D eigenvalue weighted by Gasteiger charge is 2.16. The van der Waals surface area contributed by atoms with Gasteiger partial charge in [-0.1, -0.05) is 28.1 Å². The topological polar surface area (TPSA) is 86.3 Å². The third-order valence-corrected chi connectivity index (χ3v) is 3.77. The van der Waals surface area contributed by atoms with E-state index >= 15 is 0 Å². The van der Waals surface area contributed by atoms with Gasteiger partial charge in [0.05, 0.1) is 9.85 Å². The molecule has 0 unspecified atom stereocenters. The minimum absolute atomic E-state index is 0.0392. The Labute approximate surface area is 128 Å². The van der Waals surface area contributed by atoms with Crippen LogP contribution in [0.4, 0.5) is 11.4 Å². The fourth-order valence-electron chi connectivity index (χ4n) is 2.06. The van der Waals surface area contributed by atoms with Crippen LogP contribution < -0.4 is 0 Å². The van der Waals surface area contributed by atoms with Crippen LogP contribution in [-0.4, -0.2) is 9.85 Å². The van der Waals surface area contributed by atoms with E-state index in [2.05, 4.69) is 15.9 Å². The number of hydrogen-bond acceptors (Lipinski definition) is 4. The highest BCUT2D eigenvalue weighted by molar-refractivity contribution is 9.08.